The van der Waals surface area contributed by atoms with Gasteiger partial charge in [-0.1, -0.05) is 5.16 Å². The molecule has 0 radical (unpaired) electrons. The number of carbonyl (C=O) groups excluding carboxylic acids is 1. The fraction of sp³-hybridized carbons (Fsp3) is 0.545. The first kappa shape index (κ1) is 16.8. The molecule has 10 heteroatoms. The Morgan fingerprint density at radius 3 is 2.57 bits per heavy atom. The lowest BCUT2D eigenvalue weighted by molar-refractivity contribution is -0.141. The molecule has 21 heavy (non-hydrogen) atoms. The quantitative estimate of drug-likeness (QED) is 0.384. The van der Waals surface area contributed by atoms with Crippen molar-refractivity contribution in [3.05, 3.63) is 18.0 Å². The number of nitrogens with zero attached hydrogens (tertiary/aromatic N) is 3. The van der Waals surface area contributed by atoms with Crippen molar-refractivity contribution in [2.75, 3.05) is 0 Å². The Morgan fingerprint density at radius 2 is 2.10 bits per heavy atom. The van der Waals surface area contributed by atoms with Crippen molar-refractivity contribution in [2.24, 2.45) is 10.9 Å². The summed E-state index contributed by atoms with van der Waals surface area (Å²) in [4.78, 5) is 15.8. The highest BCUT2D eigenvalue weighted by atomic mass is 19.4. The van der Waals surface area contributed by atoms with Crippen molar-refractivity contribution in [3.8, 4) is 0 Å². The molecule has 0 bridgehead atoms. The molecular weight excluding hydrogens is 291 g/mol. The summed E-state index contributed by atoms with van der Waals surface area (Å²) in [6.07, 6.45) is -4.25. The molecule has 0 aliphatic rings. The summed E-state index contributed by atoms with van der Waals surface area (Å²) >= 11 is 0. The molecule has 1 rings (SSSR count). The number of oxime groups is 1. The van der Waals surface area contributed by atoms with Crippen LogP contribution < -0.4 is 11.1 Å². The van der Waals surface area contributed by atoms with Crippen LogP contribution in [0.25, 0.3) is 0 Å². The van der Waals surface area contributed by atoms with Crippen molar-refractivity contribution >= 4 is 11.9 Å². The molecule has 0 aliphatic carbocycles. The standard InChI is InChI=1S/C11H16F3N5O2/c1-10(2,3)16-9(20)21-18-8(15)6-19-5-4-7(17-19)11(12,13)14/h4-5H,6H2,1-3H3,(H2,15,18)(H,16,20). The van der Waals surface area contributed by atoms with Crippen LogP contribution in [0.3, 0.4) is 0 Å². The van der Waals surface area contributed by atoms with Crippen molar-refractivity contribution in [2.45, 2.75) is 39.0 Å². The van der Waals surface area contributed by atoms with E-state index in [0.717, 1.165) is 16.9 Å². The highest BCUT2D eigenvalue weighted by molar-refractivity contribution is 5.80. The Morgan fingerprint density at radius 1 is 1.48 bits per heavy atom. The third-order valence-electron chi connectivity index (χ3n) is 1.98. The van der Waals surface area contributed by atoms with Gasteiger partial charge in [0.05, 0.1) is 0 Å². The third kappa shape index (κ3) is 6.15. The second-order valence-corrected chi connectivity index (χ2v) is 5.23. The molecule has 0 saturated heterocycles. The third-order valence-corrected chi connectivity index (χ3v) is 1.98. The normalized spacial score (nSPS) is 13.1. The summed E-state index contributed by atoms with van der Waals surface area (Å²) in [7, 11) is 0. The van der Waals surface area contributed by atoms with E-state index in [4.69, 9.17) is 5.73 Å². The van der Waals surface area contributed by atoms with E-state index in [2.05, 4.69) is 20.4 Å². The molecule has 0 spiro atoms. The molecule has 118 valence electrons. The van der Waals surface area contributed by atoms with Crippen LogP contribution in [0.4, 0.5) is 18.0 Å². The minimum absolute atomic E-state index is 0.198. The zero-order chi connectivity index (χ0) is 16.3. The SMILES string of the molecule is CC(C)(C)NC(=O)ON=C(N)Cn1ccc(C(F)(F)F)n1. The van der Waals surface area contributed by atoms with Crippen LogP contribution in [0.2, 0.25) is 0 Å². The van der Waals surface area contributed by atoms with E-state index in [9.17, 15) is 18.0 Å². The van der Waals surface area contributed by atoms with Gasteiger partial charge in [0.15, 0.2) is 11.5 Å². The maximum atomic E-state index is 12.3. The van der Waals surface area contributed by atoms with E-state index in [-0.39, 0.29) is 12.4 Å². The Bertz CT molecular complexity index is 531. The molecule has 0 aliphatic heterocycles. The van der Waals surface area contributed by atoms with E-state index in [1.165, 1.54) is 0 Å². The van der Waals surface area contributed by atoms with Gasteiger partial charge in [0.1, 0.15) is 6.54 Å². The van der Waals surface area contributed by atoms with Crippen LogP contribution in [0, 0.1) is 0 Å². The number of aromatic nitrogens is 2. The first-order valence-corrected chi connectivity index (χ1v) is 5.89. The van der Waals surface area contributed by atoms with Crippen LogP contribution in [-0.2, 0) is 17.6 Å². The molecular formula is C11H16F3N5O2. The zero-order valence-electron chi connectivity index (χ0n) is 11.7. The summed E-state index contributed by atoms with van der Waals surface area (Å²) in [6, 6.07) is 0.806. The number of hydrogen-bond donors (Lipinski definition) is 2. The predicted octanol–water partition coefficient (Wildman–Crippen LogP) is 1.70. The summed E-state index contributed by atoms with van der Waals surface area (Å²) < 4.78 is 37.9. The first-order valence-electron chi connectivity index (χ1n) is 5.89. The van der Waals surface area contributed by atoms with Gasteiger partial charge in [0.2, 0.25) is 0 Å². The van der Waals surface area contributed by atoms with Crippen molar-refractivity contribution in [3.63, 3.8) is 0 Å². The van der Waals surface area contributed by atoms with Crippen LogP contribution in [0.5, 0.6) is 0 Å². The fourth-order valence-corrected chi connectivity index (χ4v) is 1.22. The van der Waals surface area contributed by atoms with E-state index >= 15 is 0 Å². The maximum absolute atomic E-state index is 12.3. The van der Waals surface area contributed by atoms with Crippen molar-refractivity contribution < 1.29 is 22.8 Å². The molecule has 0 saturated carbocycles. The predicted molar refractivity (Wildman–Crippen MR) is 68.2 cm³/mol. The molecule has 1 heterocycles. The molecule has 0 aromatic carbocycles. The Labute approximate surface area is 118 Å². The van der Waals surface area contributed by atoms with Gasteiger partial charge in [0.25, 0.3) is 0 Å². The minimum atomic E-state index is -4.53. The minimum Gasteiger partial charge on any atom is -0.383 e. The second kappa shape index (κ2) is 6.02. The average molecular weight is 307 g/mol. The van der Waals surface area contributed by atoms with Crippen LogP contribution in [0.1, 0.15) is 26.5 Å². The Hall–Kier alpha value is -2.26. The summed E-state index contributed by atoms with van der Waals surface area (Å²) in [5, 5.41) is 9.07. The fourth-order valence-electron chi connectivity index (χ4n) is 1.22. The summed E-state index contributed by atoms with van der Waals surface area (Å²) in [6.45, 7) is 4.98. The average Bonchev–Trinajstić information content (AvgIpc) is 2.72. The van der Waals surface area contributed by atoms with Crippen molar-refractivity contribution in [1.29, 1.82) is 0 Å². The Balaban J connectivity index is 2.57. The van der Waals surface area contributed by atoms with E-state index in [1.807, 2.05) is 0 Å². The largest absolute Gasteiger partial charge is 0.435 e. The second-order valence-electron chi connectivity index (χ2n) is 5.23. The number of alkyl halides is 3. The lowest BCUT2D eigenvalue weighted by atomic mass is 10.1. The molecule has 3 N–H and O–H groups in total. The lowest BCUT2D eigenvalue weighted by Crippen LogP contribution is -2.40. The van der Waals surface area contributed by atoms with Gasteiger partial charge < -0.3 is 11.1 Å². The monoisotopic (exact) mass is 307 g/mol. The topological polar surface area (TPSA) is 94.5 Å². The molecule has 0 fully saturated rings. The molecule has 1 aromatic rings. The summed E-state index contributed by atoms with van der Waals surface area (Å²) in [5.74, 6) is -0.198. The van der Waals surface area contributed by atoms with E-state index < -0.39 is 23.5 Å². The van der Waals surface area contributed by atoms with Crippen LogP contribution in [-0.4, -0.2) is 27.2 Å². The van der Waals surface area contributed by atoms with Gasteiger partial charge in [0, 0.05) is 11.7 Å². The number of rotatable bonds is 3. The van der Waals surface area contributed by atoms with Gasteiger partial charge >= 0.3 is 12.3 Å². The summed E-state index contributed by atoms with van der Waals surface area (Å²) in [5.41, 5.74) is 3.89. The number of hydrogen-bond acceptors (Lipinski definition) is 4. The lowest BCUT2D eigenvalue weighted by Gasteiger charge is -2.18. The molecule has 1 aromatic heterocycles. The number of nitrogens with two attached hydrogens (primary N) is 1. The van der Waals surface area contributed by atoms with Crippen molar-refractivity contribution in [1.82, 2.24) is 15.1 Å². The molecule has 0 atom stereocenters. The van der Waals surface area contributed by atoms with Gasteiger partial charge in [-0.2, -0.15) is 18.3 Å². The van der Waals surface area contributed by atoms with Gasteiger partial charge in [-0.05, 0) is 26.8 Å². The maximum Gasteiger partial charge on any atom is 0.435 e. The number of amidine groups is 1. The molecule has 0 unspecified atom stereocenters. The highest BCUT2D eigenvalue weighted by Crippen LogP contribution is 2.27. The number of halogens is 3. The van der Waals surface area contributed by atoms with Gasteiger partial charge in [-0.25, -0.2) is 4.79 Å². The number of carbonyl (C=O) groups is 1. The smallest absolute Gasteiger partial charge is 0.383 e. The van der Waals surface area contributed by atoms with Gasteiger partial charge in [-0.3, -0.25) is 9.52 Å². The van der Waals surface area contributed by atoms with Gasteiger partial charge in [-0.15, -0.1) is 0 Å². The van der Waals surface area contributed by atoms with Crippen LogP contribution in [0.15, 0.2) is 17.4 Å². The van der Waals surface area contributed by atoms with E-state index in [0.29, 0.717) is 0 Å². The Kier molecular flexibility index (Phi) is 4.81. The highest BCUT2D eigenvalue weighted by Gasteiger charge is 2.33. The van der Waals surface area contributed by atoms with E-state index in [1.54, 1.807) is 20.8 Å². The molecule has 1 amide bonds. The van der Waals surface area contributed by atoms with Crippen LogP contribution >= 0.6 is 0 Å². The number of nitrogens with one attached hydrogen (secondary N) is 1. The zero-order valence-corrected chi connectivity index (χ0v) is 11.7. The number of amides is 1. The molecule has 7 nitrogen and oxygen atoms in total. The first-order chi connectivity index (χ1) is 9.47.